The first kappa shape index (κ1) is 9.73. The van der Waals surface area contributed by atoms with Crippen molar-refractivity contribution in [2.75, 3.05) is 18.9 Å². The fourth-order valence-electron chi connectivity index (χ4n) is 2.45. The van der Waals surface area contributed by atoms with E-state index in [0.717, 1.165) is 31.7 Å². The van der Waals surface area contributed by atoms with E-state index >= 15 is 0 Å². The Morgan fingerprint density at radius 1 is 1.19 bits per heavy atom. The van der Waals surface area contributed by atoms with E-state index < -0.39 is 0 Å². The molecule has 2 heterocycles. The van der Waals surface area contributed by atoms with Crippen molar-refractivity contribution in [2.24, 2.45) is 0 Å². The lowest BCUT2D eigenvalue weighted by Gasteiger charge is -2.24. The molecule has 1 aromatic carbocycles. The molecule has 1 saturated heterocycles. The van der Waals surface area contributed by atoms with Crippen molar-refractivity contribution in [3.63, 3.8) is 0 Å². The van der Waals surface area contributed by atoms with Crippen molar-refractivity contribution in [3.8, 4) is 0 Å². The third-order valence-corrected chi connectivity index (χ3v) is 3.33. The molecule has 84 valence electrons. The molecule has 1 aromatic heterocycles. The van der Waals surface area contributed by atoms with E-state index in [2.05, 4.69) is 29.0 Å². The van der Waals surface area contributed by atoms with Crippen molar-refractivity contribution in [3.05, 3.63) is 30.5 Å². The lowest BCUT2D eigenvalue weighted by Crippen LogP contribution is -2.18. The van der Waals surface area contributed by atoms with E-state index in [1.54, 1.807) is 0 Å². The standard InChI is InChI=1S/C13H16N2O/c14-11-2-1-10-3-6-15(13(10)9-11)12-4-7-16-8-5-12/h1-3,6,9,12H,4-5,7-8,14H2. The van der Waals surface area contributed by atoms with Crippen molar-refractivity contribution < 1.29 is 4.74 Å². The SMILES string of the molecule is Nc1ccc2ccn(C3CCOCC3)c2c1. The number of nitrogens with zero attached hydrogens (tertiary/aromatic N) is 1. The van der Waals surface area contributed by atoms with Gasteiger partial charge < -0.3 is 15.0 Å². The molecule has 1 aliphatic heterocycles. The van der Waals surface area contributed by atoms with Crippen LogP contribution in [0.5, 0.6) is 0 Å². The van der Waals surface area contributed by atoms with Gasteiger partial charge in [-0.2, -0.15) is 0 Å². The maximum atomic E-state index is 5.84. The van der Waals surface area contributed by atoms with Gasteiger partial charge >= 0.3 is 0 Å². The molecule has 3 heteroatoms. The van der Waals surface area contributed by atoms with Crippen LogP contribution < -0.4 is 5.73 Å². The van der Waals surface area contributed by atoms with Crippen LogP contribution >= 0.6 is 0 Å². The minimum Gasteiger partial charge on any atom is -0.399 e. The highest BCUT2D eigenvalue weighted by Gasteiger charge is 2.16. The lowest BCUT2D eigenvalue weighted by atomic mass is 10.1. The summed E-state index contributed by atoms with van der Waals surface area (Å²) >= 11 is 0. The van der Waals surface area contributed by atoms with E-state index in [1.807, 2.05) is 6.07 Å². The molecule has 0 aliphatic carbocycles. The predicted octanol–water partition coefficient (Wildman–Crippen LogP) is 2.58. The van der Waals surface area contributed by atoms with Gasteiger partial charge in [0.1, 0.15) is 0 Å². The second-order valence-electron chi connectivity index (χ2n) is 4.38. The largest absolute Gasteiger partial charge is 0.399 e. The van der Waals surface area contributed by atoms with Crippen molar-refractivity contribution >= 4 is 16.6 Å². The zero-order valence-corrected chi connectivity index (χ0v) is 9.23. The number of ether oxygens (including phenoxy) is 1. The highest BCUT2D eigenvalue weighted by atomic mass is 16.5. The van der Waals surface area contributed by atoms with Gasteiger partial charge in [0, 0.05) is 31.1 Å². The van der Waals surface area contributed by atoms with Gasteiger partial charge in [-0.1, -0.05) is 6.07 Å². The molecule has 2 N–H and O–H groups in total. The van der Waals surface area contributed by atoms with Crippen LogP contribution in [0.2, 0.25) is 0 Å². The van der Waals surface area contributed by atoms with E-state index in [9.17, 15) is 0 Å². The minimum atomic E-state index is 0.563. The quantitative estimate of drug-likeness (QED) is 0.744. The Balaban J connectivity index is 2.05. The van der Waals surface area contributed by atoms with Crippen LogP contribution in [0, 0.1) is 0 Å². The van der Waals surface area contributed by atoms with Crippen LogP contribution in [-0.4, -0.2) is 17.8 Å². The van der Waals surface area contributed by atoms with Gasteiger partial charge in [-0.05, 0) is 36.4 Å². The fraction of sp³-hybridized carbons (Fsp3) is 0.385. The molecule has 1 fully saturated rings. The molecule has 0 unspecified atom stereocenters. The Morgan fingerprint density at radius 3 is 2.81 bits per heavy atom. The second-order valence-corrected chi connectivity index (χ2v) is 4.38. The van der Waals surface area contributed by atoms with Crippen molar-refractivity contribution in [1.82, 2.24) is 4.57 Å². The molecule has 3 nitrogen and oxygen atoms in total. The predicted molar refractivity (Wildman–Crippen MR) is 65.4 cm³/mol. The van der Waals surface area contributed by atoms with Crippen molar-refractivity contribution in [1.29, 1.82) is 0 Å². The van der Waals surface area contributed by atoms with Gasteiger partial charge in [-0.25, -0.2) is 0 Å². The number of rotatable bonds is 1. The van der Waals surface area contributed by atoms with E-state index in [0.29, 0.717) is 6.04 Å². The molecule has 3 rings (SSSR count). The minimum absolute atomic E-state index is 0.563. The zero-order chi connectivity index (χ0) is 11.0. The van der Waals surface area contributed by atoms with E-state index in [1.165, 1.54) is 10.9 Å². The molecule has 0 saturated carbocycles. The number of nitrogen functional groups attached to an aromatic ring is 1. The van der Waals surface area contributed by atoms with Crippen LogP contribution in [0.3, 0.4) is 0 Å². The summed E-state index contributed by atoms with van der Waals surface area (Å²) in [6, 6.07) is 8.82. The van der Waals surface area contributed by atoms with E-state index in [4.69, 9.17) is 10.5 Å². The molecule has 2 aromatic rings. The maximum absolute atomic E-state index is 5.84. The number of anilines is 1. The molecular formula is C13H16N2O. The van der Waals surface area contributed by atoms with Gasteiger partial charge in [-0.3, -0.25) is 0 Å². The summed E-state index contributed by atoms with van der Waals surface area (Å²) in [6.07, 6.45) is 4.36. The molecular weight excluding hydrogens is 200 g/mol. The number of hydrogen-bond donors (Lipinski definition) is 1. The number of aromatic nitrogens is 1. The Morgan fingerprint density at radius 2 is 2.00 bits per heavy atom. The topological polar surface area (TPSA) is 40.2 Å². The first-order valence-electron chi connectivity index (χ1n) is 5.78. The van der Waals surface area contributed by atoms with Crippen LogP contribution in [0.4, 0.5) is 5.69 Å². The van der Waals surface area contributed by atoms with Crippen LogP contribution in [0.25, 0.3) is 10.9 Å². The highest BCUT2D eigenvalue weighted by molar-refractivity contribution is 5.83. The Hall–Kier alpha value is -1.48. The fourth-order valence-corrected chi connectivity index (χ4v) is 2.45. The summed E-state index contributed by atoms with van der Waals surface area (Å²) in [7, 11) is 0. The highest BCUT2D eigenvalue weighted by Crippen LogP contribution is 2.27. The molecule has 0 amide bonds. The zero-order valence-electron chi connectivity index (χ0n) is 9.23. The molecule has 0 atom stereocenters. The summed E-state index contributed by atoms with van der Waals surface area (Å²) in [4.78, 5) is 0. The molecule has 0 spiro atoms. The number of fused-ring (bicyclic) bond motifs is 1. The van der Waals surface area contributed by atoms with Gasteiger partial charge in [0.25, 0.3) is 0 Å². The smallest absolute Gasteiger partial charge is 0.0503 e. The number of hydrogen-bond acceptors (Lipinski definition) is 2. The average molecular weight is 216 g/mol. The van der Waals surface area contributed by atoms with Crippen LogP contribution in [0.15, 0.2) is 30.5 Å². The average Bonchev–Trinajstić information content (AvgIpc) is 2.73. The summed E-state index contributed by atoms with van der Waals surface area (Å²) in [5, 5.41) is 1.26. The summed E-state index contributed by atoms with van der Waals surface area (Å²) in [6.45, 7) is 1.74. The van der Waals surface area contributed by atoms with Gasteiger partial charge in [-0.15, -0.1) is 0 Å². The molecule has 0 bridgehead atoms. The van der Waals surface area contributed by atoms with E-state index in [-0.39, 0.29) is 0 Å². The van der Waals surface area contributed by atoms with Gasteiger partial charge in [0.15, 0.2) is 0 Å². The van der Waals surface area contributed by atoms with Crippen LogP contribution in [-0.2, 0) is 4.74 Å². The molecule has 16 heavy (non-hydrogen) atoms. The van der Waals surface area contributed by atoms with Gasteiger partial charge in [0.05, 0.1) is 5.52 Å². The Labute approximate surface area is 94.8 Å². The third-order valence-electron chi connectivity index (χ3n) is 3.33. The normalized spacial score (nSPS) is 18.0. The molecule has 1 aliphatic rings. The monoisotopic (exact) mass is 216 g/mol. The third kappa shape index (κ3) is 1.57. The Bertz CT molecular complexity index is 498. The number of nitrogens with two attached hydrogens (primary N) is 1. The summed E-state index contributed by atoms with van der Waals surface area (Å²) < 4.78 is 7.74. The lowest BCUT2D eigenvalue weighted by molar-refractivity contribution is 0.0707. The molecule has 0 radical (unpaired) electrons. The van der Waals surface area contributed by atoms with Crippen LogP contribution in [0.1, 0.15) is 18.9 Å². The summed E-state index contributed by atoms with van der Waals surface area (Å²) in [5.74, 6) is 0. The van der Waals surface area contributed by atoms with Gasteiger partial charge in [0.2, 0.25) is 0 Å². The summed E-state index contributed by atoms with van der Waals surface area (Å²) in [5.41, 5.74) is 7.92. The van der Waals surface area contributed by atoms with Crippen molar-refractivity contribution in [2.45, 2.75) is 18.9 Å². The first-order valence-corrected chi connectivity index (χ1v) is 5.78. The second kappa shape index (κ2) is 3.83. The maximum Gasteiger partial charge on any atom is 0.0503 e. The number of benzene rings is 1. The first-order chi connectivity index (χ1) is 7.84. The Kier molecular flexibility index (Phi) is 2.33.